The Morgan fingerprint density at radius 2 is 1.81 bits per heavy atom. The van der Waals surface area contributed by atoms with E-state index in [-0.39, 0.29) is 5.97 Å². The highest BCUT2D eigenvalue weighted by Gasteiger charge is 2.10. The van der Waals surface area contributed by atoms with Gasteiger partial charge in [0.2, 0.25) is 0 Å². The minimum Gasteiger partial charge on any atom is -0.423 e. The van der Waals surface area contributed by atoms with E-state index >= 15 is 0 Å². The normalized spacial score (nSPS) is 10.5. The lowest BCUT2D eigenvalue weighted by atomic mass is 10.1. The highest BCUT2D eigenvalue weighted by molar-refractivity contribution is 5.90. The first-order valence-electron chi connectivity index (χ1n) is 7.59. The SMILES string of the molecule is C=C(CCCCCC)C(=O)Oc1ccc2ccccc2c1. The third-order valence-electron chi connectivity index (χ3n) is 3.55. The molecule has 2 heteroatoms. The Kier molecular flexibility index (Phi) is 5.56. The van der Waals surface area contributed by atoms with Crippen molar-refractivity contribution in [2.45, 2.75) is 39.0 Å². The quantitative estimate of drug-likeness (QED) is 0.299. The largest absolute Gasteiger partial charge is 0.423 e. The summed E-state index contributed by atoms with van der Waals surface area (Å²) >= 11 is 0. The van der Waals surface area contributed by atoms with Crippen molar-refractivity contribution in [1.29, 1.82) is 0 Å². The van der Waals surface area contributed by atoms with Gasteiger partial charge in [-0.25, -0.2) is 4.79 Å². The maximum Gasteiger partial charge on any atom is 0.338 e. The Labute approximate surface area is 126 Å². The van der Waals surface area contributed by atoms with Crippen LogP contribution >= 0.6 is 0 Å². The first-order valence-corrected chi connectivity index (χ1v) is 7.59. The van der Waals surface area contributed by atoms with Gasteiger partial charge in [-0.05, 0) is 35.7 Å². The second-order valence-corrected chi connectivity index (χ2v) is 5.31. The van der Waals surface area contributed by atoms with Crippen molar-refractivity contribution in [1.82, 2.24) is 0 Å². The zero-order chi connectivity index (χ0) is 15.1. The molecule has 0 saturated carbocycles. The number of hydrogen-bond donors (Lipinski definition) is 0. The predicted molar refractivity (Wildman–Crippen MR) is 87.5 cm³/mol. The molecule has 0 bridgehead atoms. The van der Waals surface area contributed by atoms with E-state index < -0.39 is 0 Å². The van der Waals surface area contributed by atoms with Crippen LogP contribution in [0.2, 0.25) is 0 Å². The number of fused-ring (bicyclic) bond motifs is 1. The van der Waals surface area contributed by atoms with E-state index in [9.17, 15) is 4.79 Å². The number of carbonyl (C=O) groups excluding carboxylic acids is 1. The lowest BCUT2D eigenvalue weighted by Gasteiger charge is -2.07. The average molecular weight is 282 g/mol. The lowest BCUT2D eigenvalue weighted by Crippen LogP contribution is -2.10. The van der Waals surface area contributed by atoms with Gasteiger partial charge in [0, 0.05) is 5.57 Å². The van der Waals surface area contributed by atoms with E-state index in [0.29, 0.717) is 17.7 Å². The molecule has 2 aromatic rings. The molecule has 0 N–H and O–H groups in total. The summed E-state index contributed by atoms with van der Waals surface area (Å²) in [6.45, 7) is 6.01. The van der Waals surface area contributed by atoms with Crippen LogP contribution in [0, 0.1) is 0 Å². The predicted octanol–water partition coefficient (Wildman–Crippen LogP) is 5.27. The number of unbranched alkanes of at least 4 members (excludes halogenated alkanes) is 3. The maximum atomic E-state index is 12.0. The monoisotopic (exact) mass is 282 g/mol. The molecule has 21 heavy (non-hydrogen) atoms. The van der Waals surface area contributed by atoms with Crippen LogP contribution in [0.1, 0.15) is 39.0 Å². The van der Waals surface area contributed by atoms with Gasteiger partial charge in [-0.1, -0.05) is 63.1 Å². The van der Waals surface area contributed by atoms with Crippen molar-refractivity contribution in [2.75, 3.05) is 0 Å². The number of carbonyl (C=O) groups is 1. The minimum absolute atomic E-state index is 0.318. The fourth-order valence-corrected chi connectivity index (χ4v) is 2.28. The van der Waals surface area contributed by atoms with Crippen LogP contribution < -0.4 is 4.74 Å². The summed E-state index contributed by atoms with van der Waals surface area (Å²) in [4.78, 5) is 12.0. The molecule has 2 aromatic carbocycles. The number of rotatable bonds is 7. The van der Waals surface area contributed by atoms with E-state index in [4.69, 9.17) is 4.74 Å². The Morgan fingerprint density at radius 3 is 2.57 bits per heavy atom. The Balaban J connectivity index is 1.92. The molecule has 0 fully saturated rings. The lowest BCUT2D eigenvalue weighted by molar-refractivity contribution is -0.130. The number of hydrogen-bond acceptors (Lipinski definition) is 2. The molecular formula is C19H22O2. The highest BCUT2D eigenvalue weighted by Crippen LogP contribution is 2.21. The molecule has 2 rings (SSSR count). The minimum atomic E-state index is -0.318. The van der Waals surface area contributed by atoms with Crippen LogP contribution in [0.5, 0.6) is 5.75 Å². The van der Waals surface area contributed by atoms with Gasteiger partial charge >= 0.3 is 5.97 Å². The first-order chi connectivity index (χ1) is 10.2. The summed E-state index contributed by atoms with van der Waals surface area (Å²) in [6, 6.07) is 13.7. The van der Waals surface area contributed by atoms with Gasteiger partial charge in [0.1, 0.15) is 5.75 Å². The smallest absolute Gasteiger partial charge is 0.338 e. The Morgan fingerprint density at radius 1 is 1.05 bits per heavy atom. The summed E-state index contributed by atoms with van der Waals surface area (Å²) < 4.78 is 5.40. The molecule has 0 saturated heterocycles. The molecular weight excluding hydrogens is 260 g/mol. The molecule has 0 amide bonds. The fourth-order valence-electron chi connectivity index (χ4n) is 2.28. The molecule has 0 unspecified atom stereocenters. The molecule has 0 aliphatic rings. The first kappa shape index (κ1) is 15.3. The summed E-state index contributed by atoms with van der Waals surface area (Å²) in [5.74, 6) is 0.259. The zero-order valence-corrected chi connectivity index (χ0v) is 12.6. The second kappa shape index (κ2) is 7.63. The molecule has 0 atom stereocenters. The third kappa shape index (κ3) is 4.45. The van der Waals surface area contributed by atoms with E-state index in [1.54, 1.807) is 0 Å². The van der Waals surface area contributed by atoms with Gasteiger partial charge in [0.15, 0.2) is 0 Å². The molecule has 2 nitrogen and oxygen atoms in total. The standard InChI is InChI=1S/C19H22O2/c1-3-4-5-6-9-15(2)19(20)21-18-13-12-16-10-7-8-11-17(16)14-18/h7-8,10-14H,2-6,9H2,1H3. The van der Waals surface area contributed by atoms with Crippen molar-refractivity contribution < 1.29 is 9.53 Å². The maximum absolute atomic E-state index is 12.0. The van der Waals surface area contributed by atoms with Crippen molar-refractivity contribution in [3.8, 4) is 5.75 Å². The van der Waals surface area contributed by atoms with Crippen LogP contribution in [0.15, 0.2) is 54.6 Å². The van der Waals surface area contributed by atoms with Crippen molar-refractivity contribution in [3.05, 3.63) is 54.6 Å². The number of ether oxygens (including phenoxy) is 1. The van der Waals surface area contributed by atoms with Gasteiger partial charge in [-0.15, -0.1) is 0 Å². The third-order valence-corrected chi connectivity index (χ3v) is 3.55. The summed E-state index contributed by atoms with van der Waals surface area (Å²) in [6.07, 6.45) is 5.24. The molecule has 0 heterocycles. The van der Waals surface area contributed by atoms with Crippen molar-refractivity contribution >= 4 is 16.7 Å². The van der Waals surface area contributed by atoms with E-state index in [2.05, 4.69) is 13.5 Å². The molecule has 0 radical (unpaired) electrons. The second-order valence-electron chi connectivity index (χ2n) is 5.31. The van der Waals surface area contributed by atoms with Crippen molar-refractivity contribution in [3.63, 3.8) is 0 Å². The molecule has 0 aliphatic heterocycles. The van der Waals surface area contributed by atoms with Crippen LogP contribution in [0.25, 0.3) is 10.8 Å². The zero-order valence-electron chi connectivity index (χ0n) is 12.6. The molecule has 0 aliphatic carbocycles. The Hall–Kier alpha value is -2.09. The van der Waals surface area contributed by atoms with Crippen LogP contribution in [-0.4, -0.2) is 5.97 Å². The van der Waals surface area contributed by atoms with Gasteiger partial charge < -0.3 is 4.74 Å². The van der Waals surface area contributed by atoms with Gasteiger partial charge in [0.25, 0.3) is 0 Å². The summed E-state index contributed by atoms with van der Waals surface area (Å²) in [5, 5.41) is 2.20. The number of esters is 1. The molecule has 0 spiro atoms. The van der Waals surface area contributed by atoms with Gasteiger partial charge in [-0.2, -0.15) is 0 Å². The van der Waals surface area contributed by atoms with Gasteiger partial charge in [0.05, 0.1) is 0 Å². The van der Waals surface area contributed by atoms with E-state index in [1.165, 1.54) is 12.8 Å². The van der Waals surface area contributed by atoms with Crippen LogP contribution in [0.4, 0.5) is 0 Å². The number of benzene rings is 2. The van der Waals surface area contributed by atoms with Crippen molar-refractivity contribution in [2.24, 2.45) is 0 Å². The molecule has 0 aromatic heterocycles. The van der Waals surface area contributed by atoms with Gasteiger partial charge in [-0.3, -0.25) is 0 Å². The Bertz CT molecular complexity index is 628. The topological polar surface area (TPSA) is 26.3 Å². The summed E-state index contributed by atoms with van der Waals surface area (Å²) in [7, 11) is 0. The van der Waals surface area contributed by atoms with Crippen LogP contribution in [0.3, 0.4) is 0 Å². The fraction of sp³-hybridized carbons (Fsp3) is 0.316. The van der Waals surface area contributed by atoms with E-state index in [1.807, 2.05) is 42.5 Å². The summed E-state index contributed by atoms with van der Waals surface area (Å²) in [5.41, 5.74) is 0.555. The average Bonchev–Trinajstić information content (AvgIpc) is 2.51. The van der Waals surface area contributed by atoms with Crippen LogP contribution in [-0.2, 0) is 4.79 Å². The molecule has 110 valence electrons. The van der Waals surface area contributed by atoms with E-state index in [0.717, 1.165) is 23.6 Å². The highest BCUT2D eigenvalue weighted by atomic mass is 16.5.